The first-order valence-corrected chi connectivity index (χ1v) is 7.81. The Balaban J connectivity index is 1.94. The highest BCUT2D eigenvalue weighted by Crippen LogP contribution is 2.38. The third-order valence-corrected chi connectivity index (χ3v) is 4.57. The summed E-state index contributed by atoms with van der Waals surface area (Å²) in [7, 11) is 0. The standard InChI is InChI=1S/C19H12O6/c1-2-9(10-5-3-7-12-14(10)18(22)24-16(12)20)11-6-4-8-13-15(11)19(23)25-17(13)21/h3-9H,2H2,1H3. The SMILES string of the molecule is CCC(c1cccc2c1C(=O)OC2=O)c1cccc2c1C(=O)OC2=O. The zero-order valence-electron chi connectivity index (χ0n) is 13.2. The van der Waals surface area contributed by atoms with Gasteiger partial charge in [-0.3, -0.25) is 0 Å². The zero-order chi connectivity index (χ0) is 17.7. The number of rotatable bonds is 3. The summed E-state index contributed by atoms with van der Waals surface area (Å²) in [6.45, 7) is 1.90. The number of hydrogen-bond donors (Lipinski definition) is 0. The number of fused-ring (bicyclic) bond motifs is 2. The molecule has 0 radical (unpaired) electrons. The third kappa shape index (κ3) is 2.11. The van der Waals surface area contributed by atoms with E-state index in [9.17, 15) is 19.2 Å². The maximum absolute atomic E-state index is 12.1. The number of esters is 4. The van der Waals surface area contributed by atoms with Gasteiger partial charge >= 0.3 is 23.9 Å². The van der Waals surface area contributed by atoms with E-state index in [0.717, 1.165) is 0 Å². The molecule has 4 rings (SSSR count). The zero-order valence-corrected chi connectivity index (χ0v) is 13.2. The highest BCUT2D eigenvalue weighted by molar-refractivity contribution is 6.17. The van der Waals surface area contributed by atoms with E-state index < -0.39 is 23.9 Å². The molecule has 2 aromatic rings. The van der Waals surface area contributed by atoms with Crippen LogP contribution in [0.4, 0.5) is 0 Å². The molecular weight excluding hydrogens is 324 g/mol. The first-order chi connectivity index (χ1) is 12.0. The van der Waals surface area contributed by atoms with Crippen LogP contribution in [0.5, 0.6) is 0 Å². The molecule has 2 aliphatic heterocycles. The summed E-state index contributed by atoms with van der Waals surface area (Å²) in [5, 5.41) is 0. The van der Waals surface area contributed by atoms with E-state index in [1.54, 1.807) is 24.3 Å². The lowest BCUT2D eigenvalue weighted by Crippen LogP contribution is -2.11. The first kappa shape index (κ1) is 15.3. The molecule has 25 heavy (non-hydrogen) atoms. The molecule has 0 spiro atoms. The molecule has 0 saturated carbocycles. The van der Waals surface area contributed by atoms with Crippen LogP contribution in [0.15, 0.2) is 36.4 Å². The van der Waals surface area contributed by atoms with Crippen molar-refractivity contribution in [1.29, 1.82) is 0 Å². The van der Waals surface area contributed by atoms with Crippen LogP contribution in [0, 0.1) is 0 Å². The number of cyclic esters (lactones) is 4. The second-order valence-corrected chi connectivity index (χ2v) is 5.85. The van der Waals surface area contributed by atoms with Crippen molar-refractivity contribution in [3.63, 3.8) is 0 Å². The number of carbonyl (C=O) groups excluding carboxylic acids is 4. The van der Waals surface area contributed by atoms with Gasteiger partial charge in [0.1, 0.15) is 0 Å². The van der Waals surface area contributed by atoms with Gasteiger partial charge in [-0.25, -0.2) is 19.2 Å². The van der Waals surface area contributed by atoms with Gasteiger partial charge in [0.15, 0.2) is 0 Å². The van der Waals surface area contributed by atoms with Crippen LogP contribution < -0.4 is 0 Å². The smallest absolute Gasteiger partial charge is 0.347 e. The van der Waals surface area contributed by atoms with E-state index in [1.807, 2.05) is 6.92 Å². The molecule has 2 aromatic carbocycles. The molecule has 0 N–H and O–H groups in total. The van der Waals surface area contributed by atoms with Crippen molar-refractivity contribution < 1.29 is 28.7 Å². The Bertz CT molecular complexity index is 894. The van der Waals surface area contributed by atoms with Crippen molar-refractivity contribution >= 4 is 23.9 Å². The molecule has 0 unspecified atom stereocenters. The number of carbonyl (C=O) groups is 4. The lowest BCUT2D eigenvalue weighted by atomic mass is 9.82. The summed E-state index contributed by atoms with van der Waals surface area (Å²) in [5.41, 5.74) is 2.05. The Morgan fingerprint density at radius 3 is 1.56 bits per heavy atom. The molecule has 0 bridgehead atoms. The fourth-order valence-corrected chi connectivity index (χ4v) is 3.50. The summed E-state index contributed by atoms with van der Waals surface area (Å²) < 4.78 is 9.42. The molecule has 0 saturated heterocycles. The lowest BCUT2D eigenvalue weighted by Gasteiger charge is -2.19. The largest absolute Gasteiger partial charge is 0.386 e. The third-order valence-electron chi connectivity index (χ3n) is 4.57. The molecule has 0 amide bonds. The quantitative estimate of drug-likeness (QED) is 0.633. The van der Waals surface area contributed by atoms with Gasteiger partial charge in [-0.1, -0.05) is 31.2 Å². The maximum atomic E-state index is 12.1. The minimum Gasteiger partial charge on any atom is -0.386 e. The lowest BCUT2D eigenvalue weighted by molar-refractivity contribution is 0.0426. The Labute approximate surface area is 142 Å². The van der Waals surface area contributed by atoms with E-state index in [1.165, 1.54) is 12.1 Å². The van der Waals surface area contributed by atoms with Crippen LogP contribution in [-0.2, 0) is 9.47 Å². The number of hydrogen-bond acceptors (Lipinski definition) is 6. The van der Waals surface area contributed by atoms with Gasteiger partial charge in [0, 0.05) is 5.92 Å². The van der Waals surface area contributed by atoms with Gasteiger partial charge in [0.25, 0.3) is 0 Å². The van der Waals surface area contributed by atoms with Gasteiger partial charge < -0.3 is 9.47 Å². The van der Waals surface area contributed by atoms with Gasteiger partial charge in [0.2, 0.25) is 0 Å². The van der Waals surface area contributed by atoms with Crippen molar-refractivity contribution in [2.45, 2.75) is 19.3 Å². The van der Waals surface area contributed by atoms with E-state index in [-0.39, 0.29) is 28.2 Å². The monoisotopic (exact) mass is 336 g/mol. The van der Waals surface area contributed by atoms with Gasteiger partial charge in [-0.05, 0) is 29.7 Å². The molecule has 0 fully saturated rings. The molecule has 6 nitrogen and oxygen atoms in total. The van der Waals surface area contributed by atoms with Gasteiger partial charge in [-0.2, -0.15) is 0 Å². The summed E-state index contributed by atoms with van der Waals surface area (Å²) >= 11 is 0. The molecule has 0 atom stereocenters. The van der Waals surface area contributed by atoms with E-state index in [0.29, 0.717) is 17.5 Å². The molecule has 2 aliphatic rings. The number of ether oxygens (including phenoxy) is 2. The average molecular weight is 336 g/mol. The maximum Gasteiger partial charge on any atom is 0.347 e. The van der Waals surface area contributed by atoms with Crippen LogP contribution in [-0.4, -0.2) is 23.9 Å². The highest BCUT2D eigenvalue weighted by Gasteiger charge is 2.38. The Kier molecular flexibility index (Phi) is 3.28. The fourth-order valence-electron chi connectivity index (χ4n) is 3.50. The second-order valence-electron chi connectivity index (χ2n) is 5.85. The molecular formula is C19H12O6. The fraction of sp³-hybridized carbons (Fsp3) is 0.158. The number of benzene rings is 2. The van der Waals surface area contributed by atoms with Crippen LogP contribution in [0.3, 0.4) is 0 Å². The predicted octanol–water partition coefficient (Wildman–Crippen LogP) is 2.85. The molecule has 0 aliphatic carbocycles. The van der Waals surface area contributed by atoms with Crippen molar-refractivity contribution in [3.8, 4) is 0 Å². The van der Waals surface area contributed by atoms with Crippen LogP contribution in [0.1, 0.15) is 71.8 Å². The van der Waals surface area contributed by atoms with E-state index >= 15 is 0 Å². The molecule has 2 heterocycles. The van der Waals surface area contributed by atoms with Crippen molar-refractivity contribution in [1.82, 2.24) is 0 Å². The van der Waals surface area contributed by atoms with Crippen LogP contribution >= 0.6 is 0 Å². The average Bonchev–Trinajstić information content (AvgIpc) is 3.06. The van der Waals surface area contributed by atoms with Crippen molar-refractivity contribution in [2.24, 2.45) is 0 Å². The highest BCUT2D eigenvalue weighted by atomic mass is 16.6. The predicted molar refractivity (Wildman–Crippen MR) is 84.5 cm³/mol. The summed E-state index contributed by atoms with van der Waals surface area (Å²) in [4.78, 5) is 47.8. The molecule has 6 heteroatoms. The minimum absolute atomic E-state index is 0.215. The first-order valence-electron chi connectivity index (χ1n) is 7.81. The van der Waals surface area contributed by atoms with E-state index in [4.69, 9.17) is 9.47 Å². The second kappa shape index (κ2) is 5.37. The van der Waals surface area contributed by atoms with Gasteiger partial charge in [0.05, 0.1) is 22.3 Å². The van der Waals surface area contributed by atoms with Crippen LogP contribution in [0.2, 0.25) is 0 Å². The summed E-state index contributed by atoms with van der Waals surface area (Å²) in [6.07, 6.45) is 0.551. The molecule has 124 valence electrons. The van der Waals surface area contributed by atoms with Crippen molar-refractivity contribution in [3.05, 3.63) is 69.8 Å². The Hall–Kier alpha value is -3.28. The summed E-state index contributed by atoms with van der Waals surface area (Å²) in [6, 6.07) is 9.87. The Morgan fingerprint density at radius 1 is 0.720 bits per heavy atom. The summed E-state index contributed by atoms with van der Waals surface area (Å²) in [5.74, 6) is -3.10. The van der Waals surface area contributed by atoms with E-state index in [2.05, 4.69) is 0 Å². The normalized spacial score (nSPS) is 15.3. The van der Waals surface area contributed by atoms with Crippen molar-refractivity contribution in [2.75, 3.05) is 0 Å². The molecule has 0 aromatic heterocycles. The Morgan fingerprint density at radius 2 is 1.16 bits per heavy atom. The van der Waals surface area contributed by atoms with Crippen LogP contribution in [0.25, 0.3) is 0 Å². The van der Waals surface area contributed by atoms with Gasteiger partial charge in [-0.15, -0.1) is 0 Å². The topological polar surface area (TPSA) is 86.7 Å². The minimum atomic E-state index is -0.694.